The van der Waals surface area contributed by atoms with Crippen molar-refractivity contribution in [2.45, 2.75) is 220 Å². The van der Waals surface area contributed by atoms with Gasteiger partial charge in [0, 0.05) is 51.0 Å². The van der Waals surface area contributed by atoms with E-state index in [9.17, 15) is 0 Å². The largest absolute Gasteiger partial charge is 0.354 e. The second-order valence-electron chi connectivity index (χ2n) is 15.3. The third kappa shape index (κ3) is 26.7. The quantitative estimate of drug-likeness (QED) is 0.0645. The fourth-order valence-electron chi connectivity index (χ4n) is 7.03. The van der Waals surface area contributed by atoms with Crippen LogP contribution >= 0.6 is 0 Å². The van der Waals surface area contributed by atoms with Crippen molar-refractivity contribution in [3.05, 3.63) is 59.8 Å². The summed E-state index contributed by atoms with van der Waals surface area (Å²) in [6, 6.07) is 8.79. The number of unbranched alkanes of at least 4 members (excludes halogenated alkanes) is 27. The van der Waals surface area contributed by atoms with E-state index >= 15 is 0 Å². The molecular formula is C46H82N4. The van der Waals surface area contributed by atoms with Crippen molar-refractivity contribution in [1.29, 1.82) is 0 Å². The van der Waals surface area contributed by atoms with Crippen LogP contribution in [0.5, 0.6) is 0 Å². The zero-order valence-corrected chi connectivity index (χ0v) is 33.4. The molecule has 2 rings (SSSR count). The van der Waals surface area contributed by atoms with Gasteiger partial charge in [-0.2, -0.15) is 0 Å². The van der Waals surface area contributed by atoms with Crippen LogP contribution in [0.3, 0.4) is 0 Å². The fraction of sp³-hybridized carbons (Fsp3) is 0.783. The number of aryl methyl sites for hydroxylation is 2. The lowest BCUT2D eigenvalue weighted by Gasteiger charge is -2.07. The van der Waals surface area contributed by atoms with Crippen molar-refractivity contribution in [3.8, 4) is 0 Å². The number of aromatic nitrogens is 2. The van der Waals surface area contributed by atoms with Crippen LogP contribution in [0.1, 0.15) is 206 Å². The molecule has 0 aliphatic rings. The maximum absolute atomic E-state index is 4.80. The summed E-state index contributed by atoms with van der Waals surface area (Å²) in [6.45, 7) is 8.80. The molecule has 2 heterocycles. The Morgan fingerprint density at radius 3 is 0.840 bits per heavy atom. The normalized spacial score (nSPS) is 11.3. The van der Waals surface area contributed by atoms with E-state index in [1.165, 1.54) is 193 Å². The van der Waals surface area contributed by atoms with Gasteiger partial charge < -0.3 is 9.13 Å². The van der Waals surface area contributed by atoms with Crippen LogP contribution in [0.25, 0.3) is 0 Å². The molecule has 0 fully saturated rings. The van der Waals surface area contributed by atoms with Gasteiger partial charge in [0.1, 0.15) is 0 Å². The van der Waals surface area contributed by atoms with E-state index in [-0.39, 0.29) is 0 Å². The van der Waals surface area contributed by atoms with Gasteiger partial charge in [-0.1, -0.05) is 181 Å². The highest BCUT2D eigenvalue weighted by Crippen LogP contribution is 2.13. The highest BCUT2D eigenvalue weighted by Gasteiger charge is 1.97. The Balaban J connectivity index is 1.35. The molecule has 0 unspecified atom stereocenters. The topological polar surface area (TPSA) is 34.6 Å². The number of nitrogens with zero attached hydrogens (tertiary/aromatic N) is 4. The molecule has 0 aliphatic carbocycles. The second-order valence-corrected chi connectivity index (χ2v) is 15.3. The highest BCUT2D eigenvalue weighted by atomic mass is 14.9. The average Bonchev–Trinajstić information content (AvgIpc) is 3.14. The van der Waals surface area contributed by atoms with Gasteiger partial charge in [-0.05, 0) is 49.9 Å². The molecule has 50 heavy (non-hydrogen) atoms. The Bertz CT molecular complexity index is 999. The van der Waals surface area contributed by atoms with E-state index in [2.05, 4.69) is 72.0 Å². The molecule has 0 atom stereocenters. The molecule has 286 valence electrons. The van der Waals surface area contributed by atoms with Crippen molar-refractivity contribution in [1.82, 2.24) is 9.13 Å². The average molecular weight is 691 g/mol. The summed E-state index contributed by atoms with van der Waals surface area (Å²) in [7, 11) is 0. The van der Waals surface area contributed by atoms with Crippen molar-refractivity contribution in [2.75, 3.05) is 13.1 Å². The van der Waals surface area contributed by atoms with Crippen LogP contribution < -0.4 is 10.7 Å². The van der Waals surface area contributed by atoms with Crippen molar-refractivity contribution in [3.63, 3.8) is 0 Å². The predicted molar refractivity (Wildman–Crippen MR) is 220 cm³/mol. The summed E-state index contributed by atoms with van der Waals surface area (Å²) in [5.41, 5.74) is 0. The van der Waals surface area contributed by atoms with E-state index in [1.807, 2.05) is 0 Å². The first-order chi connectivity index (χ1) is 24.8. The second kappa shape index (κ2) is 34.0. The Kier molecular flexibility index (Phi) is 30.0. The highest BCUT2D eigenvalue weighted by molar-refractivity contribution is 4.94. The lowest BCUT2D eigenvalue weighted by molar-refractivity contribution is 0.521. The molecule has 0 spiro atoms. The van der Waals surface area contributed by atoms with E-state index in [0.29, 0.717) is 0 Å². The van der Waals surface area contributed by atoms with Crippen LogP contribution in [-0.2, 0) is 13.1 Å². The Morgan fingerprint density at radius 1 is 0.320 bits per heavy atom. The first kappa shape index (κ1) is 44.1. The number of pyridine rings is 2. The van der Waals surface area contributed by atoms with E-state index in [4.69, 9.17) is 9.98 Å². The van der Waals surface area contributed by atoms with Crippen LogP contribution in [0.2, 0.25) is 0 Å². The molecule has 4 nitrogen and oxygen atoms in total. The molecule has 0 amide bonds. The fourth-order valence-corrected chi connectivity index (χ4v) is 7.03. The molecule has 4 heteroatoms. The number of rotatable bonds is 35. The molecular weight excluding hydrogens is 609 g/mol. The predicted octanol–water partition coefficient (Wildman–Crippen LogP) is 13.5. The minimum absolute atomic E-state index is 0.977. The van der Waals surface area contributed by atoms with Crippen LogP contribution in [-0.4, -0.2) is 22.2 Å². The van der Waals surface area contributed by atoms with E-state index < -0.39 is 0 Å². The maximum atomic E-state index is 4.80. The Morgan fingerprint density at radius 2 is 0.560 bits per heavy atom. The zero-order chi connectivity index (χ0) is 35.4. The molecule has 0 saturated heterocycles. The molecule has 2 aromatic heterocycles. The molecule has 0 aliphatic heterocycles. The van der Waals surface area contributed by atoms with Gasteiger partial charge in [0.2, 0.25) is 0 Å². The van der Waals surface area contributed by atoms with Gasteiger partial charge in [-0.25, -0.2) is 0 Å². The Labute approximate surface area is 310 Å². The van der Waals surface area contributed by atoms with E-state index in [0.717, 1.165) is 36.9 Å². The third-order valence-corrected chi connectivity index (χ3v) is 10.4. The van der Waals surface area contributed by atoms with Crippen LogP contribution in [0.4, 0.5) is 0 Å². The third-order valence-electron chi connectivity index (χ3n) is 10.4. The van der Waals surface area contributed by atoms with Gasteiger partial charge >= 0.3 is 0 Å². The standard InChI is InChI=1S/C46H82N4/c1-3-5-7-9-11-13-17-21-25-29-37-47-45-33-41-49(42-34-45)39-31-27-23-19-15-16-20-24-28-32-40-50-43-35-46(36-44-50)48-38-30-26-22-18-14-12-10-8-6-4-2/h33-36,41-44H,3-32,37-40H2,1-2H3. The summed E-state index contributed by atoms with van der Waals surface area (Å²) >= 11 is 0. The van der Waals surface area contributed by atoms with Crippen molar-refractivity contribution >= 4 is 0 Å². The lowest BCUT2D eigenvalue weighted by atomic mass is 10.1. The Hall–Kier alpha value is -2.10. The van der Waals surface area contributed by atoms with Gasteiger partial charge in [0.15, 0.2) is 0 Å². The number of hydrogen-bond acceptors (Lipinski definition) is 2. The van der Waals surface area contributed by atoms with Crippen LogP contribution in [0, 0.1) is 0 Å². The summed E-state index contributed by atoms with van der Waals surface area (Å²) < 4.78 is 4.67. The minimum Gasteiger partial charge on any atom is -0.354 e. The molecule has 0 saturated carbocycles. The summed E-state index contributed by atoms with van der Waals surface area (Å²) in [5, 5.41) is 2.29. The molecule has 2 aromatic rings. The molecule has 0 radical (unpaired) electrons. The first-order valence-electron chi connectivity index (χ1n) is 22.1. The van der Waals surface area contributed by atoms with Crippen molar-refractivity contribution in [2.24, 2.45) is 9.98 Å². The maximum Gasteiger partial charge on any atom is 0.0603 e. The first-order valence-corrected chi connectivity index (χ1v) is 22.1. The smallest absolute Gasteiger partial charge is 0.0603 e. The molecule has 0 N–H and O–H groups in total. The van der Waals surface area contributed by atoms with Crippen LogP contribution in [0.15, 0.2) is 59.0 Å². The SMILES string of the molecule is CCCCCCCCCCCCN=c1ccn(CCCCCCCCCCCCn2ccc(=NCCCCCCCCCCCC)cc2)cc1. The summed E-state index contributed by atoms with van der Waals surface area (Å²) in [6.07, 6.45) is 50.2. The minimum atomic E-state index is 0.977. The van der Waals surface area contributed by atoms with Gasteiger partial charge in [-0.3, -0.25) is 9.98 Å². The molecule has 0 aromatic carbocycles. The summed E-state index contributed by atoms with van der Waals surface area (Å²) in [5.74, 6) is 0. The summed E-state index contributed by atoms with van der Waals surface area (Å²) in [4.78, 5) is 9.60. The van der Waals surface area contributed by atoms with Crippen molar-refractivity contribution < 1.29 is 0 Å². The monoisotopic (exact) mass is 691 g/mol. The number of hydrogen-bond donors (Lipinski definition) is 0. The van der Waals surface area contributed by atoms with Gasteiger partial charge in [0.05, 0.1) is 10.7 Å². The lowest BCUT2D eigenvalue weighted by Crippen LogP contribution is -2.06. The van der Waals surface area contributed by atoms with Gasteiger partial charge in [0.25, 0.3) is 0 Å². The molecule has 0 bridgehead atoms. The zero-order valence-electron chi connectivity index (χ0n) is 33.4. The van der Waals surface area contributed by atoms with Gasteiger partial charge in [-0.15, -0.1) is 0 Å². The van der Waals surface area contributed by atoms with E-state index in [1.54, 1.807) is 0 Å².